The van der Waals surface area contributed by atoms with Crippen LogP contribution in [0.1, 0.15) is 18.4 Å². The zero-order valence-corrected chi connectivity index (χ0v) is 14.3. The summed E-state index contributed by atoms with van der Waals surface area (Å²) in [7, 11) is 1.26. The fraction of sp³-hybridized carbons (Fsp3) is 0.333. The number of benzene rings is 1. The van der Waals surface area contributed by atoms with Gasteiger partial charge in [-0.15, -0.1) is 11.8 Å². The van der Waals surface area contributed by atoms with E-state index >= 15 is 0 Å². The molecule has 6 heteroatoms. The van der Waals surface area contributed by atoms with Crippen LogP contribution in [0.2, 0.25) is 0 Å². The van der Waals surface area contributed by atoms with Crippen molar-refractivity contribution in [3.8, 4) is 0 Å². The summed E-state index contributed by atoms with van der Waals surface area (Å²) in [5, 5.41) is 2.67. The third kappa shape index (κ3) is 5.85. The molecule has 1 amide bonds. The second-order valence-corrected chi connectivity index (χ2v) is 6.47. The first-order valence-electron chi connectivity index (χ1n) is 7.68. The molecular weight excluding hydrogens is 329 g/mol. The van der Waals surface area contributed by atoms with Crippen LogP contribution in [-0.2, 0) is 20.7 Å². The molecule has 0 aromatic heterocycles. The van der Waals surface area contributed by atoms with E-state index in [1.54, 1.807) is 12.1 Å². The smallest absolute Gasteiger partial charge is 0.328 e. The molecule has 0 aliphatic heterocycles. The average Bonchev–Trinajstić information content (AvgIpc) is 2.59. The average molecular weight is 349 g/mol. The summed E-state index contributed by atoms with van der Waals surface area (Å²) in [5.41, 5.74) is 0.624. The van der Waals surface area contributed by atoms with Crippen molar-refractivity contribution in [2.24, 2.45) is 0 Å². The van der Waals surface area contributed by atoms with Crippen molar-refractivity contribution in [2.75, 3.05) is 12.9 Å². The van der Waals surface area contributed by atoms with Crippen molar-refractivity contribution in [1.82, 2.24) is 5.32 Å². The van der Waals surface area contributed by atoms with E-state index in [1.807, 2.05) is 12.2 Å². The Morgan fingerprint density at radius 2 is 2.25 bits per heavy atom. The van der Waals surface area contributed by atoms with Crippen LogP contribution < -0.4 is 5.32 Å². The number of hydrogen-bond donors (Lipinski definition) is 1. The summed E-state index contributed by atoms with van der Waals surface area (Å²) >= 11 is 1.46. The van der Waals surface area contributed by atoms with Gasteiger partial charge in [-0.3, -0.25) is 4.79 Å². The number of nitrogens with one attached hydrogen (secondary N) is 1. The number of allylic oxidation sites excluding steroid dienone is 4. The Labute approximate surface area is 145 Å². The van der Waals surface area contributed by atoms with Gasteiger partial charge in [0.2, 0.25) is 5.91 Å². The van der Waals surface area contributed by atoms with E-state index in [9.17, 15) is 14.0 Å². The zero-order chi connectivity index (χ0) is 17.4. The van der Waals surface area contributed by atoms with Gasteiger partial charge < -0.3 is 10.1 Å². The predicted molar refractivity (Wildman–Crippen MR) is 93.0 cm³/mol. The summed E-state index contributed by atoms with van der Waals surface area (Å²) in [5.74, 6) is -0.939. The van der Waals surface area contributed by atoms with Crippen molar-refractivity contribution >= 4 is 23.6 Å². The highest BCUT2D eigenvalue weighted by molar-refractivity contribution is 8.03. The molecule has 128 valence electrons. The first kappa shape index (κ1) is 18.3. The summed E-state index contributed by atoms with van der Waals surface area (Å²) in [6, 6.07) is 5.12. The number of esters is 1. The van der Waals surface area contributed by atoms with Crippen molar-refractivity contribution < 1.29 is 18.7 Å². The van der Waals surface area contributed by atoms with E-state index in [4.69, 9.17) is 4.74 Å². The van der Waals surface area contributed by atoms with Gasteiger partial charge in [0.05, 0.1) is 12.9 Å². The Kier molecular flexibility index (Phi) is 7.06. The number of rotatable bonds is 7. The van der Waals surface area contributed by atoms with Crippen LogP contribution in [-0.4, -0.2) is 30.8 Å². The quantitative estimate of drug-likeness (QED) is 0.769. The molecule has 0 bridgehead atoms. The Morgan fingerprint density at radius 3 is 2.92 bits per heavy atom. The monoisotopic (exact) mass is 349 g/mol. The van der Waals surface area contributed by atoms with Gasteiger partial charge in [-0.25, -0.2) is 9.18 Å². The van der Waals surface area contributed by atoms with Crippen molar-refractivity contribution in [3.05, 3.63) is 58.8 Å². The maximum Gasteiger partial charge on any atom is 0.328 e. The minimum absolute atomic E-state index is 0.187. The highest BCUT2D eigenvalue weighted by atomic mass is 32.2. The lowest BCUT2D eigenvalue weighted by atomic mass is 10.1. The highest BCUT2D eigenvalue weighted by Gasteiger charge is 2.22. The van der Waals surface area contributed by atoms with E-state index in [2.05, 4.69) is 11.4 Å². The van der Waals surface area contributed by atoms with Gasteiger partial charge >= 0.3 is 5.97 Å². The molecule has 4 nitrogen and oxygen atoms in total. The van der Waals surface area contributed by atoms with E-state index in [-0.39, 0.29) is 23.9 Å². The van der Waals surface area contributed by atoms with Crippen molar-refractivity contribution in [3.63, 3.8) is 0 Å². The van der Waals surface area contributed by atoms with Crippen LogP contribution in [0.3, 0.4) is 0 Å². The van der Waals surface area contributed by atoms with Crippen LogP contribution in [0.4, 0.5) is 4.39 Å². The minimum atomic E-state index is -0.829. The van der Waals surface area contributed by atoms with Gasteiger partial charge in [0.25, 0.3) is 0 Å². The first-order valence-corrected chi connectivity index (χ1v) is 8.67. The molecule has 24 heavy (non-hydrogen) atoms. The molecule has 1 aliphatic carbocycles. The molecule has 0 heterocycles. The summed E-state index contributed by atoms with van der Waals surface area (Å²) in [4.78, 5) is 25.1. The molecular formula is C18H20FNO3S. The molecule has 0 saturated carbocycles. The van der Waals surface area contributed by atoms with Crippen LogP contribution >= 0.6 is 11.8 Å². The lowest BCUT2D eigenvalue weighted by Crippen LogP contribution is -2.43. The largest absolute Gasteiger partial charge is 0.467 e. The normalized spacial score (nSPS) is 14.7. The van der Waals surface area contributed by atoms with Crippen LogP contribution in [0.15, 0.2) is 47.4 Å². The molecule has 1 aromatic carbocycles. The molecule has 2 rings (SSSR count). The Morgan fingerprint density at radius 1 is 1.42 bits per heavy atom. The minimum Gasteiger partial charge on any atom is -0.467 e. The molecule has 1 unspecified atom stereocenters. The topological polar surface area (TPSA) is 55.4 Å². The standard InChI is InChI=1S/C18H20FNO3S/c1-23-18(22)16(11-13-6-5-7-14(19)10-13)20-17(21)12-24-15-8-3-2-4-9-15/h2-3,5-8,10,16H,4,9,11-12H2,1H3,(H,20,21). The van der Waals surface area contributed by atoms with E-state index in [0.29, 0.717) is 5.56 Å². The molecule has 1 aromatic rings. The van der Waals surface area contributed by atoms with E-state index in [0.717, 1.165) is 17.7 Å². The molecule has 1 atom stereocenters. The SMILES string of the molecule is COC(=O)C(Cc1cccc(F)c1)NC(=O)CSC1=CC=CCC1. The van der Waals surface area contributed by atoms with E-state index in [1.165, 1.54) is 31.0 Å². The number of ether oxygens (including phenoxy) is 1. The second kappa shape index (κ2) is 9.27. The van der Waals surface area contributed by atoms with Gasteiger partial charge in [-0.1, -0.05) is 30.4 Å². The lowest BCUT2D eigenvalue weighted by Gasteiger charge is -2.17. The maximum atomic E-state index is 13.3. The molecule has 0 spiro atoms. The number of hydrogen-bond acceptors (Lipinski definition) is 4. The number of halogens is 1. The van der Waals surface area contributed by atoms with Gasteiger partial charge in [0.1, 0.15) is 11.9 Å². The number of carbonyl (C=O) groups is 2. The Hall–Kier alpha value is -2.08. The van der Waals surface area contributed by atoms with Crippen molar-refractivity contribution in [2.45, 2.75) is 25.3 Å². The lowest BCUT2D eigenvalue weighted by molar-refractivity contribution is -0.144. The van der Waals surface area contributed by atoms with Crippen molar-refractivity contribution in [1.29, 1.82) is 0 Å². The second-order valence-electron chi connectivity index (χ2n) is 5.37. The molecule has 0 saturated heterocycles. The van der Waals surface area contributed by atoms with Gasteiger partial charge in [0, 0.05) is 6.42 Å². The van der Waals surface area contributed by atoms with Gasteiger partial charge in [-0.2, -0.15) is 0 Å². The predicted octanol–water partition coefficient (Wildman–Crippen LogP) is 2.99. The molecule has 1 N–H and O–H groups in total. The Bertz CT molecular complexity index is 657. The van der Waals surface area contributed by atoms with E-state index < -0.39 is 12.0 Å². The number of amides is 1. The first-order chi connectivity index (χ1) is 11.6. The maximum absolute atomic E-state index is 13.3. The van der Waals surface area contributed by atoms with Crippen LogP contribution in [0, 0.1) is 5.82 Å². The molecule has 1 aliphatic rings. The zero-order valence-electron chi connectivity index (χ0n) is 13.5. The highest BCUT2D eigenvalue weighted by Crippen LogP contribution is 2.23. The number of carbonyl (C=O) groups excluding carboxylic acids is 2. The third-order valence-corrected chi connectivity index (χ3v) is 4.63. The molecule has 0 radical (unpaired) electrons. The Balaban J connectivity index is 1.92. The summed E-state index contributed by atoms with van der Waals surface area (Å²) < 4.78 is 18.0. The van der Waals surface area contributed by atoms with Crippen LogP contribution in [0.5, 0.6) is 0 Å². The fourth-order valence-corrected chi connectivity index (χ4v) is 3.17. The third-order valence-electron chi connectivity index (χ3n) is 3.51. The number of thioether (sulfide) groups is 1. The number of methoxy groups -OCH3 is 1. The van der Waals surface area contributed by atoms with Crippen LogP contribution in [0.25, 0.3) is 0 Å². The fourth-order valence-electron chi connectivity index (χ4n) is 2.33. The van der Waals surface area contributed by atoms with Gasteiger partial charge in [0.15, 0.2) is 0 Å². The summed E-state index contributed by atoms with van der Waals surface area (Å²) in [6.45, 7) is 0. The van der Waals surface area contributed by atoms with Gasteiger partial charge in [-0.05, 0) is 35.4 Å². The molecule has 0 fully saturated rings. The summed E-state index contributed by atoms with van der Waals surface area (Å²) in [6.07, 6.45) is 8.14.